The number of hydrogen-bond donors (Lipinski definition) is 2. The maximum absolute atomic E-state index is 14.1. The number of urea groups is 1. The molecule has 1 aromatic rings. The molecule has 1 atom stereocenters. The molecule has 1 aromatic carbocycles. The first-order valence-corrected chi connectivity index (χ1v) is 6.72. The van der Waals surface area contributed by atoms with Gasteiger partial charge in [-0.3, -0.25) is 0 Å². The van der Waals surface area contributed by atoms with Crippen LogP contribution in [0.15, 0.2) is 29.5 Å². The summed E-state index contributed by atoms with van der Waals surface area (Å²) < 4.78 is 19.0. The molecule has 0 spiro atoms. The molecule has 0 aromatic heterocycles. The second kappa shape index (κ2) is 6.13. The molecule has 0 aliphatic carbocycles. The van der Waals surface area contributed by atoms with Gasteiger partial charge < -0.3 is 15.4 Å². The number of amides is 2. The molecule has 2 N–H and O–H groups in total. The van der Waals surface area contributed by atoms with Crippen molar-refractivity contribution in [2.24, 2.45) is 0 Å². The van der Waals surface area contributed by atoms with Crippen LogP contribution in [0.2, 0.25) is 5.02 Å². The molecule has 2 rings (SSSR count). The Bertz CT molecular complexity index is 610. The summed E-state index contributed by atoms with van der Waals surface area (Å²) in [6.45, 7) is 3.38. The van der Waals surface area contributed by atoms with Crippen LogP contribution in [0.1, 0.15) is 25.5 Å². The second-order valence-electron chi connectivity index (χ2n) is 4.43. The zero-order chi connectivity index (χ0) is 15.6. The molecule has 0 fully saturated rings. The molecular formula is C14H14ClFN2O3. The largest absolute Gasteiger partial charge is 0.463 e. The van der Waals surface area contributed by atoms with Crippen molar-refractivity contribution in [2.45, 2.75) is 19.9 Å². The zero-order valence-corrected chi connectivity index (χ0v) is 12.3. The fraction of sp³-hybridized carbons (Fsp3) is 0.286. The number of halogens is 2. The number of nitrogens with one attached hydrogen (secondary N) is 2. The average molecular weight is 313 g/mol. The summed E-state index contributed by atoms with van der Waals surface area (Å²) in [5, 5.41) is 5.09. The molecule has 0 unspecified atom stereocenters. The van der Waals surface area contributed by atoms with Crippen LogP contribution in [0.3, 0.4) is 0 Å². The Morgan fingerprint density at radius 3 is 2.81 bits per heavy atom. The number of ether oxygens (including phenoxy) is 1. The normalized spacial score (nSPS) is 18.1. The molecule has 7 heteroatoms. The van der Waals surface area contributed by atoms with Gasteiger partial charge in [0.2, 0.25) is 0 Å². The molecule has 1 heterocycles. The van der Waals surface area contributed by atoms with Crippen LogP contribution < -0.4 is 10.6 Å². The van der Waals surface area contributed by atoms with Crippen molar-refractivity contribution < 1.29 is 18.7 Å². The SMILES string of the molecule is CCOC(=O)C1=C(C)NC(=O)N[C@@H]1c1c(F)cccc1Cl. The third-order valence-corrected chi connectivity index (χ3v) is 3.38. The van der Waals surface area contributed by atoms with Crippen LogP contribution in [0.5, 0.6) is 0 Å². The quantitative estimate of drug-likeness (QED) is 0.843. The van der Waals surface area contributed by atoms with Gasteiger partial charge in [-0.25, -0.2) is 14.0 Å². The Morgan fingerprint density at radius 2 is 2.19 bits per heavy atom. The number of allylic oxidation sites excluding steroid dienone is 1. The summed E-state index contributed by atoms with van der Waals surface area (Å²) in [5.41, 5.74) is 0.474. The van der Waals surface area contributed by atoms with Gasteiger partial charge in [0.1, 0.15) is 5.82 Å². The Labute approximate surface area is 126 Å². The first-order chi connectivity index (χ1) is 9.95. The summed E-state index contributed by atoms with van der Waals surface area (Å²) in [6.07, 6.45) is 0. The standard InChI is InChI=1S/C14H14ClFN2O3/c1-3-21-13(19)10-7(2)17-14(20)18-12(10)11-8(15)5-4-6-9(11)16/h4-6,12H,3H2,1-2H3,(H2,17,18,20)/t12-/m0/s1. The van der Waals surface area contributed by atoms with Crippen molar-refractivity contribution >= 4 is 23.6 Å². The van der Waals surface area contributed by atoms with E-state index in [4.69, 9.17) is 16.3 Å². The van der Waals surface area contributed by atoms with Gasteiger partial charge >= 0.3 is 12.0 Å². The minimum atomic E-state index is -0.994. The maximum Gasteiger partial charge on any atom is 0.338 e. The van der Waals surface area contributed by atoms with E-state index in [-0.39, 0.29) is 22.8 Å². The lowest BCUT2D eigenvalue weighted by atomic mass is 9.95. The monoisotopic (exact) mass is 312 g/mol. The number of esters is 1. The molecule has 112 valence electrons. The highest BCUT2D eigenvalue weighted by molar-refractivity contribution is 6.31. The van der Waals surface area contributed by atoms with E-state index in [0.717, 1.165) is 0 Å². The van der Waals surface area contributed by atoms with E-state index in [2.05, 4.69) is 10.6 Å². The van der Waals surface area contributed by atoms with Gasteiger partial charge in [-0.05, 0) is 26.0 Å². The lowest BCUT2D eigenvalue weighted by Gasteiger charge is -2.28. The molecule has 5 nitrogen and oxygen atoms in total. The van der Waals surface area contributed by atoms with Crippen LogP contribution >= 0.6 is 11.6 Å². The van der Waals surface area contributed by atoms with Crippen molar-refractivity contribution in [3.05, 3.63) is 45.9 Å². The van der Waals surface area contributed by atoms with Gasteiger partial charge in [-0.1, -0.05) is 17.7 Å². The van der Waals surface area contributed by atoms with E-state index in [9.17, 15) is 14.0 Å². The van der Waals surface area contributed by atoms with Crippen LogP contribution in [0.4, 0.5) is 9.18 Å². The highest BCUT2D eigenvalue weighted by Gasteiger charge is 2.34. The summed E-state index contributed by atoms with van der Waals surface area (Å²) in [4.78, 5) is 23.7. The molecular weight excluding hydrogens is 299 g/mol. The summed E-state index contributed by atoms with van der Waals surface area (Å²) in [5.74, 6) is -1.24. The van der Waals surface area contributed by atoms with Gasteiger partial charge in [-0.15, -0.1) is 0 Å². The number of carbonyl (C=O) groups is 2. The molecule has 0 radical (unpaired) electrons. The maximum atomic E-state index is 14.1. The smallest absolute Gasteiger partial charge is 0.338 e. The van der Waals surface area contributed by atoms with Crippen LogP contribution in [-0.4, -0.2) is 18.6 Å². The number of hydrogen-bond acceptors (Lipinski definition) is 3. The average Bonchev–Trinajstić information content (AvgIpc) is 2.37. The number of carbonyl (C=O) groups excluding carboxylic acids is 2. The molecule has 1 aliphatic rings. The highest BCUT2D eigenvalue weighted by atomic mass is 35.5. The topological polar surface area (TPSA) is 67.4 Å². The number of benzene rings is 1. The molecule has 1 aliphatic heterocycles. The van der Waals surface area contributed by atoms with Crippen LogP contribution in [0.25, 0.3) is 0 Å². The highest BCUT2D eigenvalue weighted by Crippen LogP contribution is 2.33. The minimum absolute atomic E-state index is 0.0384. The third kappa shape index (κ3) is 3.00. The molecule has 0 saturated carbocycles. The van der Waals surface area contributed by atoms with Crippen molar-refractivity contribution in [3.63, 3.8) is 0 Å². The predicted octanol–water partition coefficient (Wildman–Crippen LogP) is 2.67. The summed E-state index contributed by atoms with van der Waals surface area (Å²) in [7, 11) is 0. The Kier molecular flexibility index (Phi) is 4.47. The molecule has 21 heavy (non-hydrogen) atoms. The Balaban J connectivity index is 2.55. The lowest BCUT2D eigenvalue weighted by Crippen LogP contribution is -2.45. The van der Waals surface area contributed by atoms with Crippen molar-refractivity contribution in [1.29, 1.82) is 0 Å². The fourth-order valence-corrected chi connectivity index (χ4v) is 2.45. The van der Waals surface area contributed by atoms with Gasteiger partial charge in [0.15, 0.2) is 0 Å². The second-order valence-corrected chi connectivity index (χ2v) is 4.83. The van der Waals surface area contributed by atoms with Gasteiger partial charge in [0.05, 0.1) is 18.2 Å². The fourth-order valence-electron chi connectivity index (χ4n) is 2.18. The predicted molar refractivity (Wildman–Crippen MR) is 75.2 cm³/mol. The van der Waals surface area contributed by atoms with Gasteiger partial charge in [-0.2, -0.15) is 0 Å². The Hall–Kier alpha value is -2.08. The van der Waals surface area contributed by atoms with E-state index in [1.807, 2.05) is 0 Å². The third-order valence-electron chi connectivity index (χ3n) is 3.05. The zero-order valence-electron chi connectivity index (χ0n) is 11.5. The summed E-state index contributed by atoms with van der Waals surface area (Å²) >= 11 is 6.02. The van der Waals surface area contributed by atoms with Gasteiger partial charge in [0, 0.05) is 16.3 Å². The molecule has 0 bridgehead atoms. The molecule has 0 saturated heterocycles. The molecule has 2 amide bonds. The van der Waals surface area contributed by atoms with E-state index < -0.39 is 23.9 Å². The minimum Gasteiger partial charge on any atom is -0.463 e. The van der Waals surface area contributed by atoms with Crippen LogP contribution in [-0.2, 0) is 9.53 Å². The first-order valence-electron chi connectivity index (χ1n) is 6.35. The lowest BCUT2D eigenvalue weighted by molar-refractivity contribution is -0.139. The van der Waals surface area contributed by atoms with Crippen molar-refractivity contribution in [1.82, 2.24) is 10.6 Å². The Morgan fingerprint density at radius 1 is 1.48 bits per heavy atom. The van der Waals surface area contributed by atoms with Crippen LogP contribution in [0, 0.1) is 5.82 Å². The number of rotatable bonds is 3. The van der Waals surface area contributed by atoms with E-state index in [1.54, 1.807) is 13.8 Å². The van der Waals surface area contributed by atoms with Crippen molar-refractivity contribution in [2.75, 3.05) is 6.61 Å². The van der Waals surface area contributed by atoms with Crippen molar-refractivity contribution in [3.8, 4) is 0 Å². The first kappa shape index (κ1) is 15.3. The van der Waals surface area contributed by atoms with E-state index in [0.29, 0.717) is 5.70 Å². The van der Waals surface area contributed by atoms with E-state index >= 15 is 0 Å². The van der Waals surface area contributed by atoms with E-state index in [1.165, 1.54) is 18.2 Å². The summed E-state index contributed by atoms with van der Waals surface area (Å²) in [6, 6.07) is 2.63. The van der Waals surface area contributed by atoms with Gasteiger partial charge in [0.25, 0.3) is 0 Å².